The molecular weight excluding hydrogens is 268 g/mol. The largest absolute Gasteiger partial charge is 0.421 e. The Labute approximate surface area is 122 Å². The Morgan fingerprint density at radius 1 is 1.05 bits per heavy atom. The van der Waals surface area contributed by atoms with Crippen molar-refractivity contribution in [1.82, 2.24) is 0 Å². The molecule has 4 heteroatoms. The van der Waals surface area contributed by atoms with E-state index in [1.54, 1.807) is 24.3 Å². The van der Waals surface area contributed by atoms with Crippen molar-refractivity contribution >= 4 is 11.9 Å². The van der Waals surface area contributed by atoms with Gasteiger partial charge in [0, 0.05) is 12.0 Å². The third-order valence-electron chi connectivity index (χ3n) is 3.35. The highest BCUT2D eigenvalue weighted by Gasteiger charge is 2.33. The molecule has 0 bridgehead atoms. The summed E-state index contributed by atoms with van der Waals surface area (Å²) >= 11 is 0. The van der Waals surface area contributed by atoms with E-state index in [1.165, 1.54) is 0 Å². The van der Waals surface area contributed by atoms with Crippen LogP contribution in [0.3, 0.4) is 0 Å². The highest BCUT2D eigenvalue weighted by atomic mass is 16.7. The van der Waals surface area contributed by atoms with Crippen LogP contribution in [0.4, 0.5) is 0 Å². The zero-order valence-corrected chi connectivity index (χ0v) is 11.3. The summed E-state index contributed by atoms with van der Waals surface area (Å²) in [5.74, 6) is -0.834. The summed E-state index contributed by atoms with van der Waals surface area (Å²) in [6.07, 6.45) is -0.0700. The molecular formula is C17H14O4. The van der Waals surface area contributed by atoms with Crippen molar-refractivity contribution in [2.24, 2.45) is 0 Å². The molecule has 0 radical (unpaired) electrons. The van der Waals surface area contributed by atoms with Crippen molar-refractivity contribution in [1.29, 1.82) is 0 Å². The minimum atomic E-state index is -0.919. The highest BCUT2D eigenvalue weighted by molar-refractivity contribution is 5.94. The molecule has 2 aromatic rings. The van der Waals surface area contributed by atoms with E-state index in [0.717, 1.165) is 5.56 Å². The van der Waals surface area contributed by atoms with Gasteiger partial charge >= 0.3 is 11.9 Å². The molecule has 0 spiro atoms. The molecule has 0 saturated heterocycles. The molecule has 106 valence electrons. The molecule has 1 aliphatic rings. The SMILES string of the molecule is O=C(CCc1ccccc1)O[C@H]1OC(=O)c2ccccc21. The number of ether oxygens (including phenoxy) is 2. The maximum Gasteiger partial charge on any atom is 0.342 e. The van der Waals surface area contributed by atoms with E-state index in [0.29, 0.717) is 17.5 Å². The van der Waals surface area contributed by atoms with Crippen LogP contribution in [0.5, 0.6) is 0 Å². The smallest absolute Gasteiger partial charge is 0.342 e. The fourth-order valence-electron chi connectivity index (χ4n) is 2.27. The second kappa shape index (κ2) is 5.79. The Morgan fingerprint density at radius 2 is 1.76 bits per heavy atom. The molecule has 21 heavy (non-hydrogen) atoms. The number of hydrogen-bond acceptors (Lipinski definition) is 4. The van der Waals surface area contributed by atoms with Crippen molar-refractivity contribution in [3.8, 4) is 0 Å². The first kappa shape index (κ1) is 13.4. The molecule has 0 N–H and O–H groups in total. The molecule has 0 saturated carbocycles. The second-order valence-electron chi connectivity index (χ2n) is 4.80. The Bertz CT molecular complexity index is 664. The van der Waals surface area contributed by atoms with Crippen LogP contribution in [0.15, 0.2) is 54.6 Å². The van der Waals surface area contributed by atoms with Crippen LogP contribution >= 0.6 is 0 Å². The molecule has 1 atom stereocenters. The van der Waals surface area contributed by atoms with Crippen LogP contribution in [0, 0.1) is 0 Å². The first-order valence-corrected chi connectivity index (χ1v) is 6.77. The number of benzene rings is 2. The van der Waals surface area contributed by atoms with Gasteiger partial charge in [-0.25, -0.2) is 4.79 Å². The lowest BCUT2D eigenvalue weighted by molar-refractivity contribution is -0.167. The lowest BCUT2D eigenvalue weighted by Gasteiger charge is -2.11. The number of esters is 2. The molecule has 0 aliphatic carbocycles. The van der Waals surface area contributed by atoms with Gasteiger partial charge in [-0.3, -0.25) is 4.79 Å². The van der Waals surface area contributed by atoms with Gasteiger partial charge in [0.05, 0.1) is 5.56 Å². The lowest BCUT2D eigenvalue weighted by atomic mass is 10.1. The lowest BCUT2D eigenvalue weighted by Crippen LogP contribution is -2.12. The minimum absolute atomic E-state index is 0.250. The molecule has 4 nitrogen and oxygen atoms in total. The van der Waals surface area contributed by atoms with E-state index in [1.807, 2.05) is 30.3 Å². The molecule has 1 aliphatic heterocycles. The van der Waals surface area contributed by atoms with Crippen LogP contribution in [-0.2, 0) is 20.7 Å². The van der Waals surface area contributed by atoms with Gasteiger partial charge in [0.15, 0.2) is 0 Å². The number of aryl methyl sites for hydroxylation is 1. The van der Waals surface area contributed by atoms with E-state index in [4.69, 9.17) is 9.47 Å². The van der Waals surface area contributed by atoms with Crippen molar-refractivity contribution in [3.05, 3.63) is 71.3 Å². The average Bonchev–Trinajstić information content (AvgIpc) is 2.83. The number of rotatable bonds is 4. The normalized spacial score (nSPS) is 16.2. The molecule has 0 aromatic heterocycles. The predicted octanol–water partition coefficient (Wildman–Crippen LogP) is 3.03. The summed E-state index contributed by atoms with van der Waals surface area (Å²) in [4.78, 5) is 23.5. The van der Waals surface area contributed by atoms with Crippen molar-refractivity contribution in [2.45, 2.75) is 19.1 Å². The summed E-state index contributed by atoms with van der Waals surface area (Å²) in [5, 5.41) is 0. The maximum absolute atomic E-state index is 11.9. The van der Waals surface area contributed by atoms with Crippen molar-refractivity contribution < 1.29 is 19.1 Å². The van der Waals surface area contributed by atoms with Crippen LogP contribution in [0.1, 0.15) is 34.2 Å². The van der Waals surface area contributed by atoms with E-state index >= 15 is 0 Å². The zero-order chi connectivity index (χ0) is 14.7. The number of fused-ring (bicyclic) bond motifs is 1. The number of hydrogen-bond donors (Lipinski definition) is 0. The van der Waals surface area contributed by atoms with Gasteiger partial charge in [-0.05, 0) is 18.1 Å². The third kappa shape index (κ3) is 2.94. The second-order valence-corrected chi connectivity index (χ2v) is 4.80. The fraction of sp³-hybridized carbons (Fsp3) is 0.176. The number of carbonyl (C=O) groups is 2. The summed E-state index contributed by atoms with van der Waals surface area (Å²) in [6, 6.07) is 16.6. The maximum atomic E-state index is 11.9. The van der Waals surface area contributed by atoms with Crippen molar-refractivity contribution in [2.75, 3.05) is 0 Å². The van der Waals surface area contributed by atoms with E-state index in [-0.39, 0.29) is 12.4 Å². The first-order chi connectivity index (χ1) is 10.2. The third-order valence-corrected chi connectivity index (χ3v) is 3.35. The Kier molecular flexibility index (Phi) is 3.69. The summed E-state index contributed by atoms with van der Waals surface area (Å²) in [5.41, 5.74) is 2.13. The molecule has 3 rings (SSSR count). The molecule has 1 heterocycles. The van der Waals surface area contributed by atoms with Gasteiger partial charge in [-0.15, -0.1) is 0 Å². The topological polar surface area (TPSA) is 52.6 Å². The number of cyclic esters (lactones) is 1. The molecule has 0 amide bonds. The first-order valence-electron chi connectivity index (χ1n) is 6.77. The van der Waals surface area contributed by atoms with Crippen LogP contribution in [-0.4, -0.2) is 11.9 Å². The quantitative estimate of drug-likeness (QED) is 0.809. The Balaban J connectivity index is 1.60. The Hall–Kier alpha value is -2.62. The summed E-state index contributed by atoms with van der Waals surface area (Å²) in [7, 11) is 0. The van der Waals surface area contributed by atoms with Gasteiger partial charge in [-0.1, -0.05) is 48.5 Å². The highest BCUT2D eigenvalue weighted by Crippen LogP contribution is 2.31. The van der Waals surface area contributed by atoms with Gasteiger partial charge in [-0.2, -0.15) is 0 Å². The van der Waals surface area contributed by atoms with Gasteiger partial charge < -0.3 is 9.47 Å². The molecule has 0 unspecified atom stereocenters. The van der Waals surface area contributed by atoms with Crippen LogP contribution < -0.4 is 0 Å². The predicted molar refractivity (Wildman–Crippen MR) is 75.5 cm³/mol. The summed E-state index contributed by atoms with van der Waals surface area (Å²) < 4.78 is 10.3. The monoisotopic (exact) mass is 282 g/mol. The van der Waals surface area contributed by atoms with Crippen molar-refractivity contribution in [3.63, 3.8) is 0 Å². The minimum Gasteiger partial charge on any atom is -0.421 e. The summed E-state index contributed by atoms with van der Waals surface area (Å²) in [6.45, 7) is 0. The Morgan fingerprint density at radius 3 is 2.57 bits per heavy atom. The molecule has 2 aromatic carbocycles. The zero-order valence-electron chi connectivity index (χ0n) is 11.3. The van der Waals surface area contributed by atoms with Gasteiger partial charge in [0.2, 0.25) is 0 Å². The van der Waals surface area contributed by atoms with E-state index in [9.17, 15) is 9.59 Å². The average molecular weight is 282 g/mol. The molecule has 0 fully saturated rings. The van der Waals surface area contributed by atoms with Crippen LogP contribution in [0.2, 0.25) is 0 Å². The fourth-order valence-corrected chi connectivity index (χ4v) is 2.27. The standard InChI is InChI=1S/C17H14O4/c18-15(11-10-12-6-2-1-3-7-12)20-17-14-9-5-4-8-13(14)16(19)21-17/h1-9,17H,10-11H2/t17-/m0/s1. The van der Waals surface area contributed by atoms with Gasteiger partial charge in [0.25, 0.3) is 6.29 Å². The van der Waals surface area contributed by atoms with Crippen LogP contribution in [0.25, 0.3) is 0 Å². The van der Waals surface area contributed by atoms with E-state index in [2.05, 4.69) is 0 Å². The number of carbonyl (C=O) groups excluding carboxylic acids is 2. The van der Waals surface area contributed by atoms with E-state index < -0.39 is 12.3 Å². The van der Waals surface area contributed by atoms with Gasteiger partial charge in [0.1, 0.15) is 0 Å².